The van der Waals surface area contributed by atoms with Gasteiger partial charge in [-0.15, -0.1) is 0 Å². The van der Waals surface area contributed by atoms with Crippen LogP contribution in [-0.4, -0.2) is 11.7 Å². The Balaban J connectivity index is 2.98. The molecule has 0 fully saturated rings. The van der Waals surface area contributed by atoms with Crippen LogP contribution in [0.25, 0.3) is 0 Å². The zero-order chi connectivity index (χ0) is 5.66. The largest absolute Gasteiger partial charge is 0.213 e. The summed E-state index contributed by atoms with van der Waals surface area (Å²) in [7, 11) is 0. The Labute approximate surface area is 47.3 Å². The molecule has 0 N–H and O–H groups in total. The Bertz CT molecular complexity index is 187. The molecule has 0 radical (unpaired) electrons. The van der Waals surface area contributed by atoms with Crippen molar-refractivity contribution in [3.05, 3.63) is 24.6 Å². The Hall–Kier alpha value is -1.36. The molecule has 0 aromatic carbocycles. The lowest BCUT2D eigenvalue weighted by Gasteiger charge is -1.69. The van der Waals surface area contributed by atoms with Gasteiger partial charge in [-0.2, -0.15) is 0 Å². The highest BCUT2D eigenvalue weighted by molar-refractivity contribution is 5.65. The summed E-state index contributed by atoms with van der Waals surface area (Å²) in [5, 5.41) is 0. The molecule has 0 aromatic rings. The summed E-state index contributed by atoms with van der Waals surface area (Å²) in [6, 6.07) is 0. The second-order valence-corrected chi connectivity index (χ2v) is 1.15. The third-order valence-corrected chi connectivity index (χ3v) is 0.597. The van der Waals surface area contributed by atoms with Crippen LogP contribution in [0.3, 0.4) is 0 Å². The fourth-order valence-electron chi connectivity index (χ4n) is 0.313. The van der Waals surface area contributed by atoms with Crippen molar-refractivity contribution in [2.45, 2.75) is 0 Å². The number of nitrogens with zero attached hydrogens (tertiary/aromatic N) is 2. The van der Waals surface area contributed by atoms with Crippen molar-refractivity contribution in [2.75, 3.05) is 0 Å². The van der Waals surface area contributed by atoms with Gasteiger partial charge in [0.1, 0.15) is 0 Å². The highest BCUT2D eigenvalue weighted by Gasteiger charge is 1.61. The van der Waals surface area contributed by atoms with E-state index < -0.39 is 0 Å². The molecule has 0 unspecified atom stereocenters. The zero-order valence-corrected chi connectivity index (χ0v) is 4.20. The van der Waals surface area contributed by atoms with E-state index in [1.54, 1.807) is 24.6 Å². The Kier molecular flexibility index (Phi) is 1.65. The predicted molar refractivity (Wildman–Crippen MR) is 33.1 cm³/mol. The molecular formula is C6H4N2. The Morgan fingerprint density at radius 1 is 0.875 bits per heavy atom. The molecule has 0 spiro atoms. The van der Waals surface area contributed by atoms with Crippen LogP contribution in [0.1, 0.15) is 0 Å². The summed E-state index contributed by atoms with van der Waals surface area (Å²) in [4.78, 5) is 7.36. The van der Waals surface area contributed by atoms with Crippen molar-refractivity contribution in [1.29, 1.82) is 0 Å². The molecular weight excluding hydrogens is 100 g/mol. The SMILES string of the molecule is C1=CC=C=N/C=C\N=1. The topological polar surface area (TPSA) is 24.7 Å². The summed E-state index contributed by atoms with van der Waals surface area (Å²) >= 11 is 0. The van der Waals surface area contributed by atoms with E-state index in [1.807, 2.05) is 0 Å². The van der Waals surface area contributed by atoms with E-state index in [4.69, 9.17) is 0 Å². The first-order valence-electron chi connectivity index (χ1n) is 2.21. The molecule has 0 atom stereocenters. The van der Waals surface area contributed by atoms with Crippen LogP contribution in [0.5, 0.6) is 0 Å². The van der Waals surface area contributed by atoms with Gasteiger partial charge < -0.3 is 0 Å². The van der Waals surface area contributed by atoms with Gasteiger partial charge in [-0.05, 0) is 11.7 Å². The van der Waals surface area contributed by atoms with Gasteiger partial charge in [0.15, 0.2) is 0 Å². The predicted octanol–water partition coefficient (Wildman–Crippen LogP) is 0.923. The van der Waals surface area contributed by atoms with Crippen molar-refractivity contribution < 1.29 is 0 Å². The van der Waals surface area contributed by atoms with Crippen LogP contribution >= 0.6 is 0 Å². The van der Waals surface area contributed by atoms with Gasteiger partial charge in [-0.25, -0.2) is 9.98 Å². The van der Waals surface area contributed by atoms with Crippen molar-refractivity contribution in [3.63, 3.8) is 0 Å². The van der Waals surface area contributed by atoms with Gasteiger partial charge in [0.05, 0.1) is 12.4 Å². The summed E-state index contributed by atoms with van der Waals surface area (Å²) < 4.78 is 0. The van der Waals surface area contributed by atoms with Crippen LogP contribution < -0.4 is 0 Å². The minimum Gasteiger partial charge on any atom is -0.213 e. The highest BCUT2D eigenvalue weighted by atomic mass is 14.7. The molecule has 1 heterocycles. The summed E-state index contributed by atoms with van der Waals surface area (Å²) in [5.41, 5.74) is 0. The van der Waals surface area contributed by atoms with Crippen molar-refractivity contribution >= 4 is 11.7 Å². The quantitative estimate of drug-likeness (QED) is 0.436. The molecule has 8 heavy (non-hydrogen) atoms. The van der Waals surface area contributed by atoms with Gasteiger partial charge in [0, 0.05) is 12.2 Å². The van der Waals surface area contributed by atoms with Gasteiger partial charge in [0.2, 0.25) is 0 Å². The van der Waals surface area contributed by atoms with Gasteiger partial charge in [-0.3, -0.25) is 0 Å². The normalized spacial score (nSPS) is 18.0. The van der Waals surface area contributed by atoms with Gasteiger partial charge >= 0.3 is 0 Å². The lowest BCUT2D eigenvalue weighted by atomic mass is 10.6. The fraction of sp³-hybridized carbons (Fsp3) is 0. The highest BCUT2D eigenvalue weighted by Crippen LogP contribution is 1.75. The maximum absolute atomic E-state index is 3.68. The monoisotopic (exact) mass is 104 g/mol. The second kappa shape index (κ2) is 2.75. The molecule has 0 saturated heterocycles. The number of rotatable bonds is 0. The van der Waals surface area contributed by atoms with E-state index in [-0.39, 0.29) is 0 Å². The second-order valence-electron chi connectivity index (χ2n) is 1.15. The minimum absolute atomic E-state index is 1.55. The first-order valence-corrected chi connectivity index (χ1v) is 2.21. The van der Waals surface area contributed by atoms with Crippen molar-refractivity contribution in [1.82, 2.24) is 0 Å². The summed E-state index contributed by atoms with van der Waals surface area (Å²) in [5.74, 6) is 5.24. The lowest BCUT2D eigenvalue weighted by molar-refractivity contribution is 1.50. The van der Waals surface area contributed by atoms with E-state index in [9.17, 15) is 0 Å². The average molecular weight is 104 g/mol. The van der Waals surface area contributed by atoms with E-state index in [0.29, 0.717) is 0 Å². The molecule has 0 aromatic heterocycles. The van der Waals surface area contributed by atoms with Crippen LogP contribution in [-0.2, 0) is 0 Å². The third kappa shape index (κ3) is 1.39. The number of allylic oxidation sites excluding steroid dienone is 2. The smallest absolute Gasteiger partial charge is 0.0559 e. The first kappa shape index (κ1) is 4.79. The molecule has 0 bridgehead atoms. The van der Waals surface area contributed by atoms with Crippen molar-refractivity contribution in [2.24, 2.45) is 9.98 Å². The maximum Gasteiger partial charge on any atom is 0.0559 e. The van der Waals surface area contributed by atoms with Gasteiger partial charge in [-0.1, -0.05) is 0 Å². The van der Waals surface area contributed by atoms with Crippen LogP contribution in [0.15, 0.2) is 34.5 Å². The number of hydrogen-bond acceptors (Lipinski definition) is 2. The summed E-state index contributed by atoms with van der Waals surface area (Å²) in [6.45, 7) is 0. The Morgan fingerprint density at radius 3 is 1.88 bits per heavy atom. The molecule has 38 valence electrons. The van der Waals surface area contributed by atoms with Crippen molar-refractivity contribution in [3.8, 4) is 0 Å². The van der Waals surface area contributed by atoms with E-state index in [0.717, 1.165) is 0 Å². The first-order chi connectivity index (χ1) is 4.00. The van der Waals surface area contributed by atoms with E-state index >= 15 is 0 Å². The average Bonchev–Trinajstić information content (AvgIpc) is 1.62. The van der Waals surface area contributed by atoms with E-state index in [1.165, 1.54) is 0 Å². The molecule has 0 aliphatic carbocycles. The maximum atomic E-state index is 3.68. The van der Waals surface area contributed by atoms with Crippen LogP contribution in [0.2, 0.25) is 0 Å². The standard InChI is InChI=1S/C6H4N2/c1-2-4-8-6-5-7-3-1/h1-2,5-6H/b6-5-. The summed E-state index contributed by atoms with van der Waals surface area (Å²) in [6.07, 6.45) is 6.40. The molecule has 1 rings (SSSR count). The molecule has 2 nitrogen and oxygen atoms in total. The van der Waals surface area contributed by atoms with Gasteiger partial charge in [0.25, 0.3) is 0 Å². The van der Waals surface area contributed by atoms with Crippen LogP contribution in [0, 0.1) is 0 Å². The lowest BCUT2D eigenvalue weighted by Crippen LogP contribution is -1.58. The van der Waals surface area contributed by atoms with E-state index in [2.05, 4.69) is 21.7 Å². The number of aliphatic imine (C=N–C) groups is 2. The molecule has 1 aliphatic rings. The molecule has 1 aliphatic heterocycles. The minimum atomic E-state index is 1.55. The zero-order valence-electron chi connectivity index (χ0n) is 4.20. The molecule has 2 heteroatoms. The third-order valence-electron chi connectivity index (χ3n) is 0.597. The Morgan fingerprint density at radius 2 is 1.38 bits per heavy atom. The number of hydrogen-bond donors (Lipinski definition) is 0. The fourth-order valence-corrected chi connectivity index (χ4v) is 0.313. The van der Waals surface area contributed by atoms with Crippen LogP contribution in [0.4, 0.5) is 0 Å². The molecule has 0 amide bonds. The molecule has 0 saturated carbocycles.